The number of alkyl halides is 3. The maximum atomic E-state index is 11.9. The third-order valence-electron chi connectivity index (χ3n) is 5.31. The molecule has 2 heterocycles. The molecule has 2 saturated carbocycles. The van der Waals surface area contributed by atoms with Crippen LogP contribution >= 0.6 is 0 Å². The number of carboxylic acid groups (broad SMARTS) is 1. The predicted molar refractivity (Wildman–Crippen MR) is 93.1 cm³/mol. The van der Waals surface area contributed by atoms with E-state index in [2.05, 4.69) is 21.0 Å². The lowest BCUT2D eigenvalue weighted by molar-refractivity contribution is -0.192. The maximum absolute atomic E-state index is 11.9. The Morgan fingerprint density at radius 1 is 1.21 bits per heavy atom. The minimum atomic E-state index is -5.08. The van der Waals surface area contributed by atoms with Gasteiger partial charge in [-0.1, -0.05) is 6.42 Å². The zero-order valence-corrected chi connectivity index (χ0v) is 15.5. The number of imidazole rings is 1. The summed E-state index contributed by atoms with van der Waals surface area (Å²) >= 11 is 0. The van der Waals surface area contributed by atoms with Crippen LogP contribution in [0, 0.1) is 11.8 Å². The molecule has 7 nitrogen and oxygen atoms in total. The van der Waals surface area contributed by atoms with E-state index in [1.165, 1.54) is 25.8 Å². The molecular weight excluding hydrogens is 377 g/mol. The monoisotopic (exact) mass is 402 g/mol. The van der Waals surface area contributed by atoms with Gasteiger partial charge in [0.1, 0.15) is 5.82 Å². The number of halogens is 3. The second kappa shape index (κ2) is 8.50. The van der Waals surface area contributed by atoms with Crippen LogP contribution in [0.25, 0.3) is 0 Å². The highest BCUT2D eigenvalue weighted by molar-refractivity contribution is 5.79. The summed E-state index contributed by atoms with van der Waals surface area (Å²) in [7, 11) is 0. The summed E-state index contributed by atoms with van der Waals surface area (Å²) < 4.78 is 34.0. The van der Waals surface area contributed by atoms with Crippen molar-refractivity contribution < 1.29 is 27.9 Å². The van der Waals surface area contributed by atoms with Crippen LogP contribution in [0.3, 0.4) is 0 Å². The van der Waals surface area contributed by atoms with Crippen LogP contribution in [0.4, 0.5) is 13.2 Å². The van der Waals surface area contributed by atoms with Crippen LogP contribution in [0.15, 0.2) is 6.20 Å². The van der Waals surface area contributed by atoms with Gasteiger partial charge in [-0.2, -0.15) is 13.2 Å². The van der Waals surface area contributed by atoms with Crippen molar-refractivity contribution in [2.75, 3.05) is 13.1 Å². The zero-order valence-electron chi connectivity index (χ0n) is 15.5. The molecule has 1 aromatic rings. The fourth-order valence-electron chi connectivity index (χ4n) is 3.26. The molecule has 1 amide bonds. The summed E-state index contributed by atoms with van der Waals surface area (Å²) in [6, 6.07) is 0. The first kappa shape index (κ1) is 20.6. The summed E-state index contributed by atoms with van der Waals surface area (Å²) in [4.78, 5) is 28.0. The van der Waals surface area contributed by atoms with Crippen molar-refractivity contribution in [1.29, 1.82) is 0 Å². The number of hydrogen-bond donors (Lipinski definition) is 2. The van der Waals surface area contributed by atoms with Gasteiger partial charge in [0.05, 0.1) is 18.8 Å². The molecule has 10 heteroatoms. The quantitative estimate of drug-likeness (QED) is 0.788. The Labute approximate surface area is 160 Å². The minimum Gasteiger partial charge on any atom is -0.475 e. The molecular formula is C18H25F3N4O3. The minimum absolute atomic E-state index is 0.211. The predicted octanol–water partition coefficient (Wildman–Crippen LogP) is 2.16. The number of amides is 1. The summed E-state index contributed by atoms with van der Waals surface area (Å²) in [5, 5.41) is 10.2. The Balaban J connectivity index is 0.000000279. The fraction of sp³-hybridized carbons (Fsp3) is 0.722. The highest BCUT2D eigenvalue weighted by Crippen LogP contribution is 2.30. The van der Waals surface area contributed by atoms with Gasteiger partial charge in [-0.3, -0.25) is 9.69 Å². The van der Waals surface area contributed by atoms with Crippen molar-refractivity contribution in [3.63, 3.8) is 0 Å². The Hall–Kier alpha value is -2.10. The molecule has 0 unspecified atom stereocenters. The lowest BCUT2D eigenvalue weighted by atomic mass is 9.85. The van der Waals surface area contributed by atoms with Gasteiger partial charge >= 0.3 is 12.1 Å². The number of fused-ring (bicyclic) bond motifs is 1. The molecule has 156 valence electrons. The molecule has 2 aliphatic carbocycles. The van der Waals surface area contributed by atoms with E-state index >= 15 is 0 Å². The number of nitrogens with one attached hydrogen (secondary N) is 1. The Morgan fingerprint density at radius 2 is 1.89 bits per heavy atom. The van der Waals surface area contributed by atoms with Gasteiger partial charge in [0.15, 0.2) is 0 Å². The molecule has 0 spiro atoms. The normalized spacial score (nSPS) is 19.8. The second-order valence-electron chi connectivity index (χ2n) is 7.67. The molecule has 1 aliphatic heterocycles. The van der Waals surface area contributed by atoms with Gasteiger partial charge < -0.3 is 15.0 Å². The number of carbonyl (C=O) groups excluding carboxylic acids is 1. The van der Waals surface area contributed by atoms with E-state index in [0.717, 1.165) is 49.9 Å². The molecule has 3 aliphatic rings. The zero-order chi connectivity index (χ0) is 20.3. The summed E-state index contributed by atoms with van der Waals surface area (Å²) in [6.45, 7) is 4.95. The van der Waals surface area contributed by atoms with E-state index in [1.54, 1.807) is 0 Å². The molecule has 0 aromatic carbocycles. The van der Waals surface area contributed by atoms with Gasteiger partial charge in [-0.15, -0.1) is 0 Å². The highest BCUT2D eigenvalue weighted by atomic mass is 19.4. The van der Waals surface area contributed by atoms with Crippen LogP contribution in [0.1, 0.15) is 43.6 Å². The molecule has 2 N–H and O–H groups in total. The number of carboxylic acids is 1. The smallest absolute Gasteiger partial charge is 0.475 e. The maximum Gasteiger partial charge on any atom is 0.490 e. The third-order valence-corrected chi connectivity index (χ3v) is 5.31. The fourth-order valence-corrected chi connectivity index (χ4v) is 3.26. The van der Waals surface area contributed by atoms with Crippen molar-refractivity contribution in [2.24, 2.45) is 11.8 Å². The first-order valence-corrected chi connectivity index (χ1v) is 9.57. The van der Waals surface area contributed by atoms with Gasteiger partial charge in [-0.05, 0) is 31.6 Å². The molecule has 2 fully saturated rings. The SMILES string of the molecule is O=C(NCc1cn2c(n1)CN(CC1CC1)CC2)C1CCC1.O=C(O)C(F)(F)F. The average Bonchev–Trinajstić information content (AvgIpc) is 3.27. The summed E-state index contributed by atoms with van der Waals surface area (Å²) in [6.07, 6.45) is 3.16. The van der Waals surface area contributed by atoms with E-state index < -0.39 is 12.1 Å². The highest BCUT2D eigenvalue weighted by Gasteiger charge is 2.38. The number of carbonyl (C=O) groups is 2. The van der Waals surface area contributed by atoms with Crippen molar-refractivity contribution in [2.45, 2.75) is 57.9 Å². The van der Waals surface area contributed by atoms with Crippen molar-refractivity contribution in [3.8, 4) is 0 Å². The van der Waals surface area contributed by atoms with Gasteiger partial charge in [0.25, 0.3) is 0 Å². The van der Waals surface area contributed by atoms with Crippen LogP contribution in [0.2, 0.25) is 0 Å². The largest absolute Gasteiger partial charge is 0.490 e. The first-order valence-electron chi connectivity index (χ1n) is 9.57. The van der Waals surface area contributed by atoms with Crippen LogP contribution in [-0.4, -0.2) is 50.7 Å². The molecule has 1 aromatic heterocycles. The van der Waals surface area contributed by atoms with Gasteiger partial charge in [0, 0.05) is 31.7 Å². The first-order chi connectivity index (χ1) is 13.2. The van der Waals surface area contributed by atoms with Crippen LogP contribution < -0.4 is 5.32 Å². The molecule has 4 rings (SSSR count). The van der Waals surface area contributed by atoms with Crippen LogP contribution in [-0.2, 0) is 29.2 Å². The average molecular weight is 402 g/mol. The Kier molecular flexibility index (Phi) is 6.26. The third kappa shape index (κ3) is 5.70. The van der Waals surface area contributed by atoms with E-state index in [0.29, 0.717) is 6.54 Å². The van der Waals surface area contributed by atoms with E-state index in [9.17, 15) is 18.0 Å². The number of hydrogen-bond acceptors (Lipinski definition) is 4. The lowest BCUT2D eigenvalue weighted by Gasteiger charge is -2.27. The van der Waals surface area contributed by atoms with Crippen molar-refractivity contribution in [1.82, 2.24) is 19.8 Å². The van der Waals surface area contributed by atoms with E-state index in [1.807, 2.05) is 0 Å². The standard InChI is InChI=1S/C16H24N4O.C2HF3O2/c21-16(13-2-1-3-13)17-8-14-10-20-7-6-19(9-12-4-5-12)11-15(20)18-14;3-2(4,5)1(6)7/h10,12-13H,1-9,11H2,(H,17,21);(H,6,7). The van der Waals surface area contributed by atoms with E-state index in [-0.39, 0.29) is 11.8 Å². The summed E-state index contributed by atoms with van der Waals surface area (Å²) in [5.74, 6) is -0.186. The molecule has 0 atom stereocenters. The number of aliphatic carboxylic acids is 1. The lowest BCUT2D eigenvalue weighted by Crippen LogP contribution is -2.35. The van der Waals surface area contributed by atoms with Crippen LogP contribution in [0.5, 0.6) is 0 Å². The Morgan fingerprint density at radius 3 is 2.43 bits per heavy atom. The topological polar surface area (TPSA) is 87.5 Å². The van der Waals surface area contributed by atoms with E-state index in [4.69, 9.17) is 14.9 Å². The van der Waals surface area contributed by atoms with Gasteiger partial charge in [0.2, 0.25) is 5.91 Å². The molecule has 0 radical (unpaired) electrons. The molecule has 0 bridgehead atoms. The summed E-state index contributed by atoms with van der Waals surface area (Å²) in [5.41, 5.74) is 1.01. The van der Waals surface area contributed by atoms with Crippen molar-refractivity contribution >= 4 is 11.9 Å². The number of rotatable bonds is 5. The Bertz CT molecular complexity index is 711. The number of nitrogens with zero attached hydrogens (tertiary/aromatic N) is 3. The molecule has 0 saturated heterocycles. The van der Waals surface area contributed by atoms with Gasteiger partial charge in [-0.25, -0.2) is 9.78 Å². The second-order valence-corrected chi connectivity index (χ2v) is 7.67. The van der Waals surface area contributed by atoms with Crippen molar-refractivity contribution in [3.05, 3.63) is 17.7 Å². The number of aromatic nitrogens is 2. The molecule has 28 heavy (non-hydrogen) atoms.